The SMILES string of the molecule is C#CCNC(=O)COC(=O)CNS(=O)(=O)c1cccc(Br)c1. The largest absolute Gasteiger partial charge is 0.455 e. The fourth-order valence-corrected chi connectivity index (χ4v) is 2.83. The van der Waals surface area contributed by atoms with Crippen LogP contribution in [-0.2, 0) is 24.3 Å². The Balaban J connectivity index is 2.47. The summed E-state index contributed by atoms with van der Waals surface area (Å²) in [4.78, 5) is 22.5. The number of rotatable bonds is 7. The van der Waals surface area contributed by atoms with Gasteiger partial charge < -0.3 is 10.1 Å². The summed E-state index contributed by atoms with van der Waals surface area (Å²) in [6.07, 6.45) is 4.94. The molecular formula is C13H13BrN2O5S. The van der Waals surface area contributed by atoms with E-state index in [4.69, 9.17) is 6.42 Å². The smallest absolute Gasteiger partial charge is 0.321 e. The molecule has 9 heteroatoms. The molecule has 0 saturated heterocycles. The Hall–Kier alpha value is -1.89. The van der Waals surface area contributed by atoms with Gasteiger partial charge in [0.25, 0.3) is 5.91 Å². The van der Waals surface area contributed by atoms with Crippen LogP contribution in [0.5, 0.6) is 0 Å². The highest BCUT2D eigenvalue weighted by Crippen LogP contribution is 2.15. The molecule has 0 fully saturated rings. The second kappa shape index (κ2) is 8.53. The van der Waals surface area contributed by atoms with E-state index in [1.54, 1.807) is 12.1 Å². The maximum absolute atomic E-state index is 11.9. The molecule has 0 heterocycles. The minimum atomic E-state index is -3.84. The first-order valence-electron chi connectivity index (χ1n) is 5.96. The number of ether oxygens (including phenoxy) is 1. The summed E-state index contributed by atoms with van der Waals surface area (Å²) < 4.78 is 31.1. The van der Waals surface area contributed by atoms with E-state index in [1.165, 1.54) is 12.1 Å². The molecule has 0 bridgehead atoms. The van der Waals surface area contributed by atoms with Crippen molar-refractivity contribution in [3.8, 4) is 12.3 Å². The molecule has 0 aliphatic carbocycles. The van der Waals surface area contributed by atoms with Gasteiger partial charge in [-0.1, -0.05) is 27.9 Å². The normalized spacial score (nSPS) is 10.5. The monoisotopic (exact) mass is 388 g/mol. The number of carbonyl (C=O) groups is 2. The molecule has 0 radical (unpaired) electrons. The van der Waals surface area contributed by atoms with Crippen LogP contribution in [0.15, 0.2) is 33.6 Å². The summed E-state index contributed by atoms with van der Waals surface area (Å²) in [6, 6.07) is 5.99. The van der Waals surface area contributed by atoms with Gasteiger partial charge in [0.05, 0.1) is 11.4 Å². The Labute approximate surface area is 136 Å². The van der Waals surface area contributed by atoms with Crippen molar-refractivity contribution in [3.63, 3.8) is 0 Å². The summed E-state index contributed by atoms with van der Waals surface area (Å²) in [5.41, 5.74) is 0. The predicted molar refractivity (Wildman–Crippen MR) is 82.1 cm³/mol. The second-order valence-electron chi connectivity index (χ2n) is 3.92. The molecule has 0 atom stereocenters. The van der Waals surface area contributed by atoms with E-state index in [2.05, 4.69) is 36.6 Å². The zero-order valence-corrected chi connectivity index (χ0v) is 13.7. The molecule has 0 unspecified atom stereocenters. The van der Waals surface area contributed by atoms with Crippen LogP contribution < -0.4 is 10.0 Å². The summed E-state index contributed by atoms with van der Waals surface area (Å²) in [5, 5.41) is 2.30. The van der Waals surface area contributed by atoms with Crippen LogP contribution in [0.4, 0.5) is 0 Å². The number of halogens is 1. The van der Waals surface area contributed by atoms with E-state index in [-0.39, 0.29) is 11.4 Å². The minimum absolute atomic E-state index is 0.00133. The van der Waals surface area contributed by atoms with Crippen molar-refractivity contribution in [3.05, 3.63) is 28.7 Å². The molecule has 1 amide bonds. The first-order chi connectivity index (χ1) is 10.3. The highest BCUT2D eigenvalue weighted by atomic mass is 79.9. The fourth-order valence-electron chi connectivity index (χ4n) is 1.27. The summed E-state index contributed by atoms with van der Waals surface area (Å²) >= 11 is 3.15. The third-order valence-corrected chi connectivity index (χ3v) is 4.16. The lowest BCUT2D eigenvalue weighted by atomic mass is 10.4. The van der Waals surface area contributed by atoms with Crippen molar-refractivity contribution >= 4 is 37.8 Å². The molecular weight excluding hydrogens is 376 g/mol. The zero-order valence-electron chi connectivity index (χ0n) is 11.3. The Kier molecular flexibility index (Phi) is 7.04. The number of amides is 1. The molecule has 1 aromatic carbocycles. The number of benzene rings is 1. The van der Waals surface area contributed by atoms with E-state index in [1.807, 2.05) is 0 Å². The second-order valence-corrected chi connectivity index (χ2v) is 6.61. The maximum atomic E-state index is 11.9. The number of hydrogen-bond acceptors (Lipinski definition) is 5. The number of carbonyl (C=O) groups excluding carboxylic acids is 2. The van der Waals surface area contributed by atoms with Crippen molar-refractivity contribution in [1.29, 1.82) is 0 Å². The molecule has 1 rings (SSSR count). The minimum Gasteiger partial charge on any atom is -0.455 e. The van der Waals surface area contributed by atoms with Crippen LogP contribution in [0, 0.1) is 12.3 Å². The summed E-state index contributed by atoms with van der Waals surface area (Å²) in [7, 11) is -3.84. The van der Waals surface area contributed by atoms with Crippen molar-refractivity contribution < 1.29 is 22.7 Å². The van der Waals surface area contributed by atoms with E-state index in [0.29, 0.717) is 4.47 Å². The number of nitrogens with one attached hydrogen (secondary N) is 2. The lowest BCUT2D eigenvalue weighted by molar-refractivity contribution is -0.147. The van der Waals surface area contributed by atoms with Crippen LogP contribution in [0.2, 0.25) is 0 Å². The molecule has 22 heavy (non-hydrogen) atoms. The fraction of sp³-hybridized carbons (Fsp3) is 0.231. The van der Waals surface area contributed by atoms with Gasteiger partial charge in [0.15, 0.2) is 6.61 Å². The van der Waals surface area contributed by atoms with E-state index in [0.717, 1.165) is 0 Å². The molecule has 0 aliphatic rings. The van der Waals surface area contributed by atoms with Gasteiger partial charge in [-0.2, -0.15) is 4.72 Å². The lowest BCUT2D eigenvalue weighted by Crippen LogP contribution is -2.34. The zero-order chi connectivity index (χ0) is 16.6. The molecule has 2 N–H and O–H groups in total. The first-order valence-corrected chi connectivity index (χ1v) is 8.24. The Bertz CT molecular complexity index is 697. The maximum Gasteiger partial charge on any atom is 0.321 e. The van der Waals surface area contributed by atoms with Gasteiger partial charge in [-0.3, -0.25) is 9.59 Å². The molecule has 1 aromatic rings. The van der Waals surface area contributed by atoms with Gasteiger partial charge in [-0.25, -0.2) is 8.42 Å². The third kappa shape index (κ3) is 6.26. The van der Waals surface area contributed by atoms with Crippen molar-refractivity contribution in [2.45, 2.75) is 4.90 Å². The van der Waals surface area contributed by atoms with Gasteiger partial charge >= 0.3 is 5.97 Å². The standard InChI is InChI=1S/C13H13BrN2O5S/c1-2-6-15-12(17)9-21-13(18)8-16-22(19,20)11-5-3-4-10(14)7-11/h1,3-5,7,16H,6,8-9H2,(H,15,17). The Morgan fingerprint density at radius 2 is 2.09 bits per heavy atom. The first kappa shape index (κ1) is 18.2. The number of esters is 1. The quantitative estimate of drug-likeness (QED) is 0.506. The van der Waals surface area contributed by atoms with Gasteiger partial charge in [-0.15, -0.1) is 6.42 Å². The Morgan fingerprint density at radius 3 is 2.73 bits per heavy atom. The predicted octanol–water partition coefficient (Wildman–Crippen LogP) is 0.0200. The third-order valence-electron chi connectivity index (χ3n) is 2.26. The molecule has 0 aliphatic heterocycles. The number of terminal acetylenes is 1. The van der Waals surface area contributed by atoms with Gasteiger partial charge in [0.1, 0.15) is 6.54 Å². The van der Waals surface area contributed by atoms with Crippen LogP contribution in [0.1, 0.15) is 0 Å². The van der Waals surface area contributed by atoms with Crippen molar-refractivity contribution in [2.24, 2.45) is 0 Å². The average molecular weight is 389 g/mol. The van der Waals surface area contributed by atoms with E-state index >= 15 is 0 Å². The van der Waals surface area contributed by atoms with Crippen LogP contribution in [0.3, 0.4) is 0 Å². The molecule has 0 spiro atoms. The lowest BCUT2D eigenvalue weighted by Gasteiger charge is -2.07. The topological polar surface area (TPSA) is 102 Å². The van der Waals surface area contributed by atoms with Crippen LogP contribution >= 0.6 is 15.9 Å². The molecule has 118 valence electrons. The van der Waals surface area contributed by atoms with Crippen molar-refractivity contribution in [2.75, 3.05) is 19.7 Å². The molecule has 0 aromatic heterocycles. The van der Waals surface area contributed by atoms with E-state index < -0.39 is 35.1 Å². The van der Waals surface area contributed by atoms with E-state index in [9.17, 15) is 18.0 Å². The Morgan fingerprint density at radius 1 is 1.36 bits per heavy atom. The molecule has 7 nitrogen and oxygen atoms in total. The highest BCUT2D eigenvalue weighted by molar-refractivity contribution is 9.10. The number of hydrogen-bond donors (Lipinski definition) is 2. The van der Waals surface area contributed by atoms with Crippen LogP contribution in [0.25, 0.3) is 0 Å². The number of sulfonamides is 1. The average Bonchev–Trinajstić information content (AvgIpc) is 2.49. The van der Waals surface area contributed by atoms with Crippen LogP contribution in [-0.4, -0.2) is 40.0 Å². The van der Waals surface area contributed by atoms with Crippen molar-refractivity contribution in [1.82, 2.24) is 10.0 Å². The highest BCUT2D eigenvalue weighted by Gasteiger charge is 2.16. The van der Waals surface area contributed by atoms with Gasteiger partial charge in [0, 0.05) is 4.47 Å². The summed E-state index contributed by atoms with van der Waals surface area (Å²) in [5.74, 6) is 0.738. The van der Waals surface area contributed by atoms with Gasteiger partial charge in [0.2, 0.25) is 10.0 Å². The molecule has 0 saturated carbocycles. The summed E-state index contributed by atoms with van der Waals surface area (Å²) in [6.45, 7) is -1.09. The van der Waals surface area contributed by atoms with Gasteiger partial charge in [-0.05, 0) is 18.2 Å².